The van der Waals surface area contributed by atoms with E-state index in [0.29, 0.717) is 29.3 Å². The minimum atomic E-state index is -0.0647. The number of nitrogens with two attached hydrogens (primary N) is 1. The van der Waals surface area contributed by atoms with E-state index in [9.17, 15) is 4.79 Å². The van der Waals surface area contributed by atoms with Crippen molar-refractivity contribution >= 4 is 11.6 Å². The van der Waals surface area contributed by atoms with Crippen LogP contribution < -0.4 is 15.2 Å². The second-order valence-corrected chi connectivity index (χ2v) is 4.97. The van der Waals surface area contributed by atoms with Crippen molar-refractivity contribution in [2.75, 3.05) is 19.6 Å². The molecule has 0 atom stereocenters. The molecule has 0 saturated heterocycles. The summed E-state index contributed by atoms with van der Waals surface area (Å²) in [6.45, 7) is 0.724. The van der Waals surface area contributed by atoms with E-state index in [1.165, 1.54) is 0 Å². The molecule has 108 valence electrons. The zero-order valence-electron chi connectivity index (χ0n) is 11.7. The number of benzene rings is 2. The number of hydrogen-bond acceptors (Lipinski definition) is 4. The molecule has 0 bridgehead atoms. The first-order valence-electron chi connectivity index (χ1n) is 6.63. The normalized spacial score (nSPS) is 12.2. The summed E-state index contributed by atoms with van der Waals surface area (Å²) >= 11 is 0. The van der Waals surface area contributed by atoms with E-state index in [1.807, 2.05) is 24.3 Å². The second kappa shape index (κ2) is 5.36. The number of rotatable bonds is 3. The number of carbonyl (C=O) groups is 1. The van der Waals surface area contributed by atoms with E-state index in [0.717, 1.165) is 5.56 Å². The molecule has 1 aliphatic rings. The number of carbonyl (C=O) groups excluding carboxylic acids is 1. The molecule has 0 aliphatic carbocycles. The van der Waals surface area contributed by atoms with Gasteiger partial charge < -0.3 is 20.1 Å². The van der Waals surface area contributed by atoms with E-state index < -0.39 is 0 Å². The quantitative estimate of drug-likeness (QED) is 0.878. The van der Waals surface area contributed by atoms with Crippen molar-refractivity contribution < 1.29 is 14.3 Å². The number of ether oxygens (including phenoxy) is 2. The van der Waals surface area contributed by atoms with Crippen LogP contribution in [0.5, 0.6) is 11.5 Å². The Hall–Kier alpha value is -2.69. The average Bonchev–Trinajstić information content (AvgIpc) is 2.96. The summed E-state index contributed by atoms with van der Waals surface area (Å²) in [5, 5.41) is 0. The maximum absolute atomic E-state index is 12.4. The lowest BCUT2D eigenvalue weighted by Gasteiger charge is -2.17. The van der Waals surface area contributed by atoms with Crippen LogP contribution in [-0.2, 0) is 6.54 Å². The molecule has 2 N–H and O–H groups in total. The van der Waals surface area contributed by atoms with Gasteiger partial charge in [0.2, 0.25) is 6.79 Å². The number of hydrogen-bond donors (Lipinski definition) is 1. The van der Waals surface area contributed by atoms with Gasteiger partial charge in [0, 0.05) is 24.8 Å². The van der Waals surface area contributed by atoms with Gasteiger partial charge in [0.05, 0.1) is 0 Å². The van der Waals surface area contributed by atoms with Gasteiger partial charge in [-0.3, -0.25) is 4.79 Å². The minimum absolute atomic E-state index is 0.0647. The summed E-state index contributed by atoms with van der Waals surface area (Å²) in [7, 11) is 1.77. The summed E-state index contributed by atoms with van der Waals surface area (Å²) in [6.07, 6.45) is 0. The highest BCUT2D eigenvalue weighted by molar-refractivity contribution is 5.94. The summed E-state index contributed by atoms with van der Waals surface area (Å²) < 4.78 is 10.5. The van der Waals surface area contributed by atoms with Crippen LogP contribution in [0.2, 0.25) is 0 Å². The first kappa shape index (κ1) is 13.3. The lowest BCUT2D eigenvalue weighted by molar-refractivity contribution is 0.0784. The second-order valence-electron chi connectivity index (χ2n) is 4.97. The molecule has 0 fully saturated rings. The molecule has 21 heavy (non-hydrogen) atoms. The lowest BCUT2D eigenvalue weighted by Crippen LogP contribution is -2.26. The molecule has 0 radical (unpaired) electrons. The van der Waals surface area contributed by atoms with Crippen molar-refractivity contribution in [1.82, 2.24) is 4.90 Å². The highest BCUT2D eigenvalue weighted by atomic mass is 16.7. The maximum Gasteiger partial charge on any atom is 0.254 e. The van der Waals surface area contributed by atoms with Gasteiger partial charge in [0.25, 0.3) is 5.91 Å². The fourth-order valence-electron chi connectivity index (χ4n) is 2.22. The van der Waals surface area contributed by atoms with Crippen molar-refractivity contribution in [3.63, 3.8) is 0 Å². The van der Waals surface area contributed by atoms with Gasteiger partial charge in [-0.2, -0.15) is 0 Å². The SMILES string of the molecule is CN(Cc1ccc(N)cc1)C(=O)c1ccc2c(c1)OCO2. The van der Waals surface area contributed by atoms with E-state index >= 15 is 0 Å². The third-order valence-electron chi connectivity index (χ3n) is 3.37. The lowest BCUT2D eigenvalue weighted by atomic mass is 10.1. The van der Waals surface area contributed by atoms with E-state index in [4.69, 9.17) is 15.2 Å². The molecule has 1 amide bonds. The van der Waals surface area contributed by atoms with Crippen molar-refractivity contribution in [1.29, 1.82) is 0 Å². The first-order chi connectivity index (χ1) is 10.1. The Morgan fingerprint density at radius 1 is 1.14 bits per heavy atom. The monoisotopic (exact) mass is 284 g/mol. The molecule has 1 aliphatic heterocycles. The Morgan fingerprint density at radius 2 is 1.86 bits per heavy atom. The van der Waals surface area contributed by atoms with Crippen molar-refractivity contribution in [2.45, 2.75) is 6.54 Å². The third kappa shape index (κ3) is 2.76. The zero-order chi connectivity index (χ0) is 14.8. The van der Waals surface area contributed by atoms with Crippen LogP contribution in [0.4, 0.5) is 5.69 Å². The standard InChI is InChI=1S/C16H16N2O3/c1-18(9-11-2-5-13(17)6-3-11)16(19)12-4-7-14-15(8-12)21-10-20-14/h2-8H,9-10,17H2,1H3. The van der Waals surface area contributed by atoms with Crippen LogP contribution in [0.3, 0.4) is 0 Å². The van der Waals surface area contributed by atoms with Crippen LogP contribution in [0.1, 0.15) is 15.9 Å². The van der Waals surface area contributed by atoms with Crippen LogP contribution in [-0.4, -0.2) is 24.6 Å². The number of fused-ring (bicyclic) bond motifs is 1. The molecule has 0 spiro atoms. The van der Waals surface area contributed by atoms with Gasteiger partial charge in [0.1, 0.15) is 0 Å². The molecule has 5 heteroatoms. The predicted molar refractivity (Wildman–Crippen MR) is 79.2 cm³/mol. The Balaban J connectivity index is 1.73. The number of anilines is 1. The molecule has 2 aromatic carbocycles. The molecule has 5 nitrogen and oxygen atoms in total. The summed E-state index contributed by atoms with van der Waals surface area (Å²) in [4.78, 5) is 14.1. The minimum Gasteiger partial charge on any atom is -0.454 e. The third-order valence-corrected chi connectivity index (χ3v) is 3.37. The zero-order valence-corrected chi connectivity index (χ0v) is 11.7. The average molecular weight is 284 g/mol. The molecule has 0 unspecified atom stereocenters. The largest absolute Gasteiger partial charge is 0.454 e. The van der Waals surface area contributed by atoms with Crippen molar-refractivity contribution in [2.24, 2.45) is 0 Å². The van der Waals surface area contributed by atoms with Crippen LogP contribution >= 0.6 is 0 Å². The fraction of sp³-hybridized carbons (Fsp3) is 0.188. The first-order valence-corrected chi connectivity index (χ1v) is 6.63. The molecule has 0 aromatic heterocycles. The van der Waals surface area contributed by atoms with Gasteiger partial charge in [0.15, 0.2) is 11.5 Å². The van der Waals surface area contributed by atoms with Crippen molar-refractivity contribution in [3.8, 4) is 11.5 Å². The Kier molecular flexibility index (Phi) is 3.39. The van der Waals surface area contributed by atoms with Crippen LogP contribution in [0.25, 0.3) is 0 Å². The maximum atomic E-state index is 12.4. The number of amides is 1. The van der Waals surface area contributed by atoms with E-state index in [-0.39, 0.29) is 12.7 Å². The molecule has 0 saturated carbocycles. The predicted octanol–water partition coefficient (Wildman–Crippen LogP) is 2.27. The van der Waals surface area contributed by atoms with E-state index in [1.54, 1.807) is 30.1 Å². The topological polar surface area (TPSA) is 64.8 Å². The Bertz CT molecular complexity index is 668. The van der Waals surface area contributed by atoms with Gasteiger partial charge in [-0.15, -0.1) is 0 Å². The number of nitrogens with zero attached hydrogens (tertiary/aromatic N) is 1. The highest BCUT2D eigenvalue weighted by Crippen LogP contribution is 2.32. The Morgan fingerprint density at radius 3 is 2.62 bits per heavy atom. The summed E-state index contributed by atoms with van der Waals surface area (Å²) in [5.74, 6) is 1.22. The van der Waals surface area contributed by atoms with Crippen LogP contribution in [0.15, 0.2) is 42.5 Å². The molecular weight excluding hydrogens is 268 g/mol. The Labute approximate surface area is 122 Å². The molecule has 3 rings (SSSR count). The van der Waals surface area contributed by atoms with Gasteiger partial charge >= 0.3 is 0 Å². The summed E-state index contributed by atoms with van der Waals surface area (Å²) in [5.41, 5.74) is 7.97. The smallest absolute Gasteiger partial charge is 0.254 e. The number of nitrogen functional groups attached to an aromatic ring is 1. The molecule has 2 aromatic rings. The fourth-order valence-corrected chi connectivity index (χ4v) is 2.22. The van der Waals surface area contributed by atoms with Crippen LogP contribution in [0, 0.1) is 0 Å². The van der Waals surface area contributed by atoms with Gasteiger partial charge in [-0.25, -0.2) is 0 Å². The molecular formula is C16H16N2O3. The summed E-state index contributed by atoms with van der Waals surface area (Å²) in [6, 6.07) is 12.7. The molecule has 1 heterocycles. The van der Waals surface area contributed by atoms with E-state index in [2.05, 4.69) is 0 Å². The van der Waals surface area contributed by atoms with Crippen molar-refractivity contribution in [3.05, 3.63) is 53.6 Å². The van der Waals surface area contributed by atoms with Gasteiger partial charge in [-0.1, -0.05) is 12.1 Å². The van der Waals surface area contributed by atoms with Gasteiger partial charge in [-0.05, 0) is 35.9 Å². The highest BCUT2D eigenvalue weighted by Gasteiger charge is 2.18.